The van der Waals surface area contributed by atoms with Gasteiger partial charge in [0, 0.05) is 0 Å². The average Bonchev–Trinajstić information content (AvgIpc) is 2.72. The fourth-order valence-corrected chi connectivity index (χ4v) is 5.71. The first kappa shape index (κ1) is 34.4. The van der Waals surface area contributed by atoms with Gasteiger partial charge < -0.3 is 0 Å². The Balaban J connectivity index is 0.000000391. The number of alkyl halides is 10. The third-order valence-corrected chi connectivity index (χ3v) is 9.47. The lowest BCUT2D eigenvalue weighted by Gasteiger charge is -2.26. The molecule has 0 N–H and O–H groups in total. The fourth-order valence-electron chi connectivity index (χ4n) is 2.62. The van der Waals surface area contributed by atoms with Crippen LogP contribution in [0.5, 0.6) is 0 Å². The zero-order valence-corrected chi connectivity index (χ0v) is 24.0. The first-order valence-electron chi connectivity index (χ1n) is 10.7. The smallest absolute Gasteiger partial charge is 0.215 e. The standard InChI is InChI=1S/C20H26I.C4F10O2S/c1-19(2,3)15-7-11-17(12-8-15)21-18-13-9-16(10-14-18)20(4,5)6;5-1(6,7)3(11,12)17(15,16)4(13,14)2(8,9)10/h7-14H,1-6H3;/q+1;. The van der Waals surface area contributed by atoms with Crippen LogP contribution in [0.25, 0.3) is 0 Å². The first-order valence-corrected chi connectivity index (χ1v) is 14.3. The monoisotopic (exact) mass is 695 g/mol. The molecule has 0 saturated heterocycles. The summed E-state index contributed by atoms with van der Waals surface area (Å²) in [7, 11) is -8.17. The van der Waals surface area contributed by atoms with Crippen molar-refractivity contribution < 1.29 is 73.5 Å². The maximum Gasteiger partial charge on any atom is 0.469 e. The molecule has 0 aliphatic heterocycles. The highest BCUT2D eigenvalue weighted by Crippen LogP contribution is 2.50. The van der Waals surface area contributed by atoms with Crippen molar-refractivity contribution in [1.29, 1.82) is 0 Å². The minimum atomic E-state index is -8.17. The van der Waals surface area contributed by atoms with Crippen LogP contribution in [0, 0.1) is 7.14 Å². The van der Waals surface area contributed by atoms with Crippen LogP contribution < -0.4 is 21.2 Å². The predicted molar refractivity (Wildman–Crippen MR) is 119 cm³/mol. The molecule has 0 spiro atoms. The lowest BCUT2D eigenvalue weighted by molar-refractivity contribution is -0.597. The third kappa shape index (κ3) is 7.75. The quantitative estimate of drug-likeness (QED) is 0.329. The summed E-state index contributed by atoms with van der Waals surface area (Å²) in [6, 6.07) is 18.4. The average molecular weight is 695 g/mol. The van der Waals surface area contributed by atoms with Crippen molar-refractivity contribution in [3.05, 3.63) is 66.8 Å². The molecule has 0 bridgehead atoms. The largest absolute Gasteiger partial charge is 0.469 e. The molecule has 0 unspecified atom stereocenters. The highest BCUT2D eigenvalue weighted by molar-refractivity contribution is 7.93. The normalized spacial score (nSPS) is 14.1. The van der Waals surface area contributed by atoms with E-state index in [-0.39, 0.29) is 32.0 Å². The lowest BCUT2D eigenvalue weighted by Crippen LogP contribution is -3.61. The van der Waals surface area contributed by atoms with Gasteiger partial charge in [-0.15, -0.1) is 0 Å². The summed E-state index contributed by atoms with van der Waals surface area (Å²) in [6.45, 7) is 13.6. The topological polar surface area (TPSA) is 34.1 Å². The van der Waals surface area contributed by atoms with Crippen molar-refractivity contribution >= 4 is 9.84 Å². The number of rotatable bonds is 4. The Hall–Kier alpha value is -1.58. The second-order valence-corrected chi connectivity index (χ2v) is 15.2. The van der Waals surface area contributed by atoms with E-state index in [2.05, 4.69) is 90.1 Å². The van der Waals surface area contributed by atoms with Gasteiger partial charge in [0.15, 0.2) is 7.14 Å². The second-order valence-electron chi connectivity index (χ2n) is 10.1. The van der Waals surface area contributed by atoms with Gasteiger partial charge in [0.05, 0.1) is 0 Å². The molecular weight excluding hydrogens is 669 g/mol. The van der Waals surface area contributed by atoms with Gasteiger partial charge in [0.2, 0.25) is 0 Å². The van der Waals surface area contributed by atoms with E-state index < -0.39 is 32.7 Å². The van der Waals surface area contributed by atoms with Crippen molar-refractivity contribution in [1.82, 2.24) is 0 Å². The summed E-state index contributed by atoms with van der Waals surface area (Å²) in [5.41, 5.74) is 3.31. The summed E-state index contributed by atoms with van der Waals surface area (Å²) >= 11 is -0.0703. The van der Waals surface area contributed by atoms with Gasteiger partial charge >= 0.3 is 44.1 Å². The van der Waals surface area contributed by atoms with Crippen LogP contribution in [0.4, 0.5) is 43.9 Å². The Bertz CT molecular complexity index is 1080. The molecule has 0 aliphatic rings. The maximum atomic E-state index is 12.0. The lowest BCUT2D eigenvalue weighted by atomic mass is 9.87. The zero-order chi connectivity index (χ0) is 30.2. The fraction of sp³-hybridized carbons (Fsp3) is 0.500. The first-order chi connectivity index (χ1) is 16.7. The SMILES string of the molecule is CC(C)(C)c1ccc([I+]c2ccc(C(C)(C)C)cc2)cc1.O=S(=O)(C(F)(F)C(F)(F)F)C(F)(F)C(F)(F)F. The zero-order valence-electron chi connectivity index (χ0n) is 21.0. The highest BCUT2D eigenvalue weighted by atomic mass is 127. The Kier molecular flexibility index (Phi) is 10.1. The summed E-state index contributed by atoms with van der Waals surface area (Å²) < 4.78 is 140. The highest BCUT2D eigenvalue weighted by Gasteiger charge is 2.81. The van der Waals surface area contributed by atoms with Gasteiger partial charge in [-0.1, -0.05) is 65.8 Å². The van der Waals surface area contributed by atoms with E-state index in [4.69, 9.17) is 0 Å². The molecule has 2 aromatic carbocycles. The van der Waals surface area contributed by atoms with E-state index in [1.165, 1.54) is 18.3 Å². The van der Waals surface area contributed by atoms with Crippen LogP contribution in [-0.2, 0) is 20.7 Å². The molecule has 2 aromatic rings. The van der Waals surface area contributed by atoms with Crippen LogP contribution in [0.3, 0.4) is 0 Å². The molecule has 14 heteroatoms. The minimum absolute atomic E-state index is 0.0703. The Labute approximate surface area is 225 Å². The van der Waals surface area contributed by atoms with Crippen LogP contribution in [0.2, 0.25) is 0 Å². The number of halogens is 11. The molecule has 0 radical (unpaired) electrons. The molecular formula is C24H26F10IO2S+. The van der Waals surface area contributed by atoms with Gasteiger partial charge in [-0.25, -0.2) is 8.42 Å². The van der Waals surface area contributed by atoms with Crippen molar-refractivity contribution in [2.45, 2.75) is 75.2 Å². The molecule has 2 rings (SSSR count). The minimum Gasteiger partial charge on any atom is -0.215 e. The molecule has 0 heterocycles. The number of hydrogen-bond acceptors (Lipinski definition) is 2. The van der Waals surface area contributed by atoms with Crippen molar-refractivity contribution in [2.24, 2.45) is 0 Å². The van der Waals surface area contributed by atoms with E-state index in [0.29, 0.717) is 0 Å². The van der Waals surface area contributed by atoms with Crippen molar-refractivity contribution in [2.75, 3.05) is 0 Å². The van der Waals surface area contributed by atoms with Crippen molar-refractivity contribution in [3.63, 3.8) is 0 Å². The van der Waals surface area contributed by atoms with Crippen LogP contribution in [0.15, 0.2) is 48.5 Å². The summed E-state index contributed by atoms with van der Waals surface area (Å²) in [6.07, 6.45) is -14.2. The van der Waals surface area contributed by atoms with Crippen molar-refractivity contribution in [3.8, 4) is 0 Å². The Morgan fingerprint density at radius 1 is 0.500 bits per heavy atom. The van der Waals surface area contributed by atoms with E-state index >= 15 is 0 Å². The van der Waals surface area contributed by atoms with E-state index in [0.717, 1.165) is 0 Å². The molecule has 216 valence electrons. The number of sulfone groups is 1. The molecule has 0 saturated carbocycles. The van der Waals surface area contributed by atoms with Crippen LogP contribution in [0.1, 0.15) is 52.7 Å². The van der Waals surface area contributed by atoms with Gasteiger partial charge in [-0.3, -0.25) is 0 Å². The van der Waals surface area contributed by atoms with Gasteiger partial charge in [0.1, 0.15) is 0 Å². The summed E-state index contributed by atoms with van der Waals surface area (Å²) in [5.74, 6) is 0. The predicted octanol–water partition coefficient (Wildman–Crippen LogP) is 5.12. The molecule has 0 aromatic heterocycles. The van der Waals surface area contributed by atoms with Crippen LogP contribution >= 0.6 is 0 Å². The molecule has 0 atom stereocenters. The molecule has 0 aliphatic carbocycles. The Morgan fingerprint density at radius 2 is 0.737 bits per heavy atom. The van der Waals surface area contributed by atoms with E-state index in [1.807, 2.05) is 0 Å². The summed E-state index contributed by atoms with van der Waals surface area (Å²) in [5, 5.41) is -14.4. The maximum absolute atomic E-state index is 12.0. The van der Waals surface area contributed by atoms with E-state index in [1.54, 1.807) is 0 Å². The van der Waals surface area contributed by atoms with E-state index in [9.17, 15) is 52.3 Å². The molecule has 0 fully saturated rings. The molecule has 2 nitrogen and oxygen atoms in total. The second kappa shape index (κ2) is 11.1. The number of hydrogen-bond donors (Lipinski definition) is 0. The van der Waals surface area contributed by atoms with Gasteiger partial charge in [0.25, 0.3) is 9.84 Å². The number of benzene rings is 2. The summed E-state index contributed by atoms with van der Waals surface area (Å²) in [4.78, 5) is 0. The molecule has 0 amide bonds. The third-order valence-electron chi connectivity index (χ3n) is 4.97. The van der Waals surface area contributed by atoms with Gasteiger partial charge in [-0.05, 0) is 46.2 Å². The Morgan fingerprint density at radius 3 is 0.921 bits per heavy atom. The van der Waals surface area contributed by atoms with Crippen LogP contribution in [-0.4, -0.2) is 31.3 Å². The molecule has 38 heavy (non-hydrogen) atoms. The van der Waals surface area contributed by atoms with Gasteiger partial charge in [-0.2, -0.15) is 43.9 Å².